The Labute approximate surface area is 152 Å². The van der Waals surface area contributed by atoms with Crippen molar-refractivity contribution in [2.75, 3.05) is 11.9 Å². The second kappa shape index (κ2) is 9.16. The fourth-order valence-corrected chi connectivity index (χ4v) is 2.67. The second-order valence-corrected chi connectivity index (χ2v) is 8.34. The summed E-state index contributed by atoms with van der Waals surface area (Å²) in [5.41, 5.74) is 1.76. The van der Waals surface area contributed by atoms with Gasteiger partial charge in [0.25, 0.3) is 0 Å². The van der Waals surface area contributed by atoms with Gasteiger partial charge in [0.15, 0.2) is 11.5 Å². The monoisotopic (exact) mass is 345 g/mol. The summed E-state index contributed by atoms with van der Waals surface area (Å²) in [6.07, 6.45) is 5.22. The van der Waals surface area contributed by atoms with Crippen LogP contribution in [0, 0.1) is 17.8 Å². The molecule has 0 bridgehead atoms. The fourth-order valence-electron chi connectivity index (χ4n) is 2.67. The van der Waals surface area contributed by atoms with Crippen molar-refractivity contribution < 1.29 is 0 Å². The van der Waals surface area contributed by atoms with E-state index in [4.69, 9.17) is 15.0 Å². The van der Waals surface area contributed by atoms with E-state index in [1.807, 2.05) is 0 Å². The van der Waals surface area contributed by atoms with Crippen molar-refractivity contribution in [3.63, 3.8) is 0 Å². The number of fused-ring (bicyclic) bond motifs is 1. The zero-order chi connectivity index (χ0) is 18.4. The van der Waals surface area contributed by atoms with Crippen molar-refractivity contribution >= 4 is 17.0 Å². The Balaban J connectivity index is 2.24. The molecule has 140 valence electrons. The lowest BCUT2D eigenvalue weighted by Crippen LogP contribution is -2.09. The number of hydrogen-bond acceptors (Lipinski definition) is 4. The summed E-state index contributed by atoms with van der Waals surface area (Å²) < 4.78 is 0. The Hall–Kier alpha value is -1.65. The number of anilines is 1. The maximum absolute atomic E-state index is 4.78. The quantitative estimate of drug-likeness (QED) is 0.637. The van der Waals surface area contributed by atoms with Crippen LogP contribution < -0.4 is 5.32 Å². The highest BCUT2D eigenvalue weighted by atomic mass is 15.1. The molecule has 0 aliphatic carbocycles. The fraction of sp³-hybridized carbons (Fsp3) is 0.750. The van der Waals surface area contributed by atoms with Gasteiger partial charge in [0.05, 0.1) is 0 Å². The van der Waals surface area contributed by atoms with Crippen LogP contribution in [0.1, 0.15) is 72.5 Å². The van der Waals surface area contributed by atoms with E-state index in [1.54, 1.807) is 0 Å². The molecule has 0 aliphatic heterocycles. The first-order valence-corrected chi connectivity index (χ1v) is 9.84. The molecule has 2 aromatic rings. The minimum atomic E-state index is 0.650. The average molecular weight is 346 g/mol. The zero-order valence-corrected chi connectivity index (χ0v) is 16.8. The molecule has 0 aromatic carbocycles. The summed E-state index contributed by atoms with van der Waals surface area (Å²) in [6.45, 7) is 14.4. The number of aromatic amines is 1. The summed E-state index contributed by atoms with van der Waals surface area (Å²) >= 11 is 0. The van der Waals surface area contributed by atoms with Crippen LogP contribution in [-0.2, 0) is 12.8 Å². The number of rotatable bonds is 10. The lowest BCUT2D eigenvalue weighted by molar-refractivity contribution is 0.575. The topological polar surface area (TPSA) is 66.5 Å². The molecule has 5 nitrogen and oxygen atoms in total. The largest absolute Gasteiger partial charge is 0.368 e. The molecule has 5 heteroatoms. The predicted octanol–water partition coefficient (Wildman–Crippen LogP) is 4.99. The Bertz CT molecular complexity index is 657. The van der Waals surface area contributed by atoms with Gasteiger partial charge >= 0.3 is 0 Å². The molecule has 25 heavy (non-hydrogen) atoms. The van der Waals surface area contributed by atoms with Gasteiger partial charge < -0.3 is 10.3 Å². The normalized spacial score (nSPS) is 12.0. The summed E-state index contributed by atoms with van der Waals surface area (Å²) in [4.78, 5) is 17.7. The molecule has 2 heterocycles. The summed E-state index contributed by atoms with van der Waals surface area (Å²) in [5, 5.41) is 3.50. The number of nitrogens with one attached hydrogen (secondary N) is 2. The first kappa shape index (κ1) is 19.7. The Kier molecular flexibility index (Phi) is 7.21. The Morgan fingerprint density at radius 1 is 0.800 bits per heavy atom. The van der Waals surface area contributed by atoms with Gasteiger partial charge in [-0.3, -0.25) is 0 Å². The van der Waals surface area contributed by atoms with E-state index >= 15 is 0 Å². The molecule has 0 atom stereocenters. The zero-order valence-electron chi connectivity index (χ0n) is 16.8. The van der Waals surface area contributed by atoms with Gasteiger partial charge in [0, 0.05) is 19.4 Å². The van der Waals surface area contributed by atoms with Crippen LogP contribution >= 0.6 is 0 Å². The molecular weight excluding hydrogens is 310 g/mol. The highest BCUT2D eigenvalue weighted by Crippen LogP contribution is 2.21. The smallest absolute Gasteiger partial charge is 0.183 e. The lowest BCUT2D eigenvalue weighted by Gasteiger charge is -2.10. The van der Waals surface area contributed by atoms with Crippen molar-refractivity contribution in [2.24, 2.45) is 17.8 Å². The average Bonchev–Trinajstić information content (AvgIpc) is 2.93. The molecule has 2 N–H and O–H groups in total. The third-order valence-electron chi connectivity index (χ3n) is 4.36. The highest BCUT2D eigenvalue weighted by molar-refractivity contribution is 5.82. The molecular formula is C20H35N5. The molecule has 2 aromatic heterocycles. The van der Waals surface area contributed by atoms with E-state index in [9.17, 15) is 0 Å². The van der Waals surface area contributed by atoms with Crippen LogP contribution in [0.3, 0.4) is 0 Å². The number of H-pyrrole nitrogens is 1. The minimum absolute atomic E-state index is 0.650. The summed E-state index contributed by atoms with van der Waals surface area (Å²) in [5.74, 6) is 4.82. The molecule has 0 spiro atoms. The third kappa shape index (κ3) is 6.29. The van der Waals surface area contributed by atoms with E-state index in [1.165, 1.54) is 0 Å². The number of nitrogens with zero attached hydrogens (tertiary/aromatic N) is 3. The van der Waals surface area contributed by atoms with Crippen molar-refractivity contribution in [3.8, 4) is 0 Å². The van der Waals surface area contributed by atoms with Crippen LogP contribution in [0.2, 0.25) is 0 Å². The molecule has 0 amide bonds. The molecule has 2 rings (SSSR count). The van der Waals surface area contributed by atoms with Crippen LogP contribution in [0.4, 0.5) is 5.82 Å². The molecule has 0 saturated carbocycles. The van der Waals surface area contributed by atoms with Gasteiger partial charge in [-0.15, -0.1) is 0 Å². The number of hydrogen-bond donors (Lipinski definition) is 2. The van der Waals surface area contributed by atoms with E-state index in [-0.39, 0.29) is 0 Å². The van der Waals surface area contributed by atoms with Crippen molar-refractivity contribution in [3.05, 3.63) is 11.6 Å². The lowest BCUT2D eigenvalue weighted by atomic mass is 10.1. The molecule has 0 unspecified atom stereocenters. The minimum Gasteiger partial charge on any atom is -0.368 e. The number of imidazole rings is 1. The summed E-state index contributed by atoms with van der Waals surface area (Å²) in [7, 11) is 0. The van der Waals surface area contributed by atoms with Crippen molar-refractivity contribution in [1.29, 1.82) is 0 Å². The molecule has 0 fully saturated rings. The third-order valence-corrected chi connectivity index (χ3v) is 4.36. The first-order valence-electron chi connectivity index (χ1n) is 9.84. The highest BCUT2D eigenvalue weighted by Gasteiger charge is 2.13. The van der Waals surface area contributed by atoms with E-state index in [0.29, 0.717) is 17.8 Å². The molecule has 0 aliphatic rings. The maximum atomic E-state index is 4.78. The van der Waals surface area contributed by atoms with Crippen LogP contribution in [0.25, 0.3) is 11.2 Å². The Morgan fingerprint density at radius 2 is 1.44 bits per heavy atom. The SMILES string of the molecule is CC(C)CCNc1nc(CCC(C)C)nc2nc(CCC(C)C)[nH]c12. The maximum Gasteiger partial charge on any atom is 0.183 e. The molecule has 0 radical (unpaired) electrons. The van der Waals surface area contributed by atoms with E-state index in [2.05, 4.69) is 51.8 Å². The standard InChI is InChI=1S/C20H35N5/c1-13(2)7-9-16-22-18-19(21-12-11-15(5)6)23-17(10-8-14(3)4)25-20(18)24-16/h13-15H,7-12H2,1-6H3,(H2,21,22,23,24,25). The van der Waals surface area contributed by atoms with Gasteiger partial charge in [0.1, 0.15) is 17.2 Å². The first-order chi connectivity index (χ1) is 11.8. The van der Waals surface area contributed by atoms with E-state index < -0.39 is 0 Å². The van der Waals surface area contributed by atoms with Crippen LogP contribution in [-0.4, -0.2) is 26.5 Å². The van der Waals surface area contributed by atoms with Gasteiger partial charge in [0.2, 0.25) is 0 Å². The predicted molar refractivity (Wildman–Crippen MR) is 106 cm³/mol. The Morgan fingerprint density at radius 3 is 2.08 bits per heavy atom. The summed E-state index contributed by atoms with van der Waals surface area (Å²) in [6, 6.07) is 0. The number of aromatic nitrogens is 4. The van der Waals surface area contributed by atoms with Crippen LogP contribution in [0.5, 0.6) is 0 Å². The number of aryl methyl sites for hydroxylation is 2. The molecule has 0 saturated heterocycles. The van der Waals surface area contributed by atoms with Gasteiger partial charge in [-0.1, -0.05) is 41.5 Å². The van der Waals surface area contributed by atoms with Crippen molar-refractivity contribution in [1.82, 2.24) is 19.9 Å². The van der Waals surface area contributed by atoms with Gasteiger partial charge in [-0.05, 0) is 37.0 Å². The van der Waals surface area contributed by atoms with E-state index in [0.717, 1.165) is 67.3 Å². The van der Waals surface area contributed by atoms with Crippen molar-refractivity contribution in [2.45, 2.75) is 73.6 Å². The van der Waals surface area contributed by atoms with Crippen LogP contribution in [0.15, 0.2) is 0 Å². The van der Waals surface area contributed by atoms with Gasteiger partial charge in [-0.25, -0.2) is 15.0 Å². The van der Waals surface area contributed by atoms with Gasteiger partial charge in [-0.2, -0.15) is 0 Å². The second-order valence-electron chi connectivity index (χ2n) is 8.34.